The third kappa shape index (κ3) is 7.90. The molecule has 0 aliphatic heterocycles. The second-order valence-corrected chi connectivity index (χ2v) is 9.96. The highest BCUT2D eigenvalue weighted by Gasteiger charge is 2.38. The molecule has 1 aromatic heterocycles. The Labute approximate surface area is 212 Å². The van der Waals surface area contributed by atoms with Crippen molar-refractivity contribution in [2.75, 3.05) is 0 Å². The molecule has 1 aromatic carbocycles. The maximum Gasteiger partial charge on any atom is 0.308 e. The molecular formula is C27H38N4O5. The fraction of sp³-hybridized carbons (Fsp3) is 0.593. The maximum atomic E-state index is 12.8. The number of aryl methyl sites for hydroxylation is 2. The van der Waals surface area contributed by atoms with E-state index in [-0.39, 0.29) is 43.2 Å². The first-order valence-corrected chi connectivity index (χ1v) is 12.8. The van der Waals surface area contributed by atoms with Gasteiger partial charge in [-0.15, -0.1) is 0 Å². The number of benzene rings is 1. The molecular weight excluding hydrogens is 460 g/mol. The van der Waals surface area contributed by atoms with Crippen molar-refractivity contribution in [1.82, 2.24) is 20.8 Å². The Kier molecular flexibility index (Phi) is 9.61. The first-order valence-electron chi connectivity index (χ1n) is 12.8. The lowest BCUT2D eigenvalue weighted by molar-refractivity contribution is -0.148. The van der Waals surface area contributed by atoms with E-state index in [0.29, 0.717) is 11.7 Å². The Morgan fingerprint density at radius 3 is 2.36 bits per heavy atom. The molecule has 9 heteroatoms. The van der Waals surface area contributed by atoms with Gasteiger partial charge < -0.3 is 19.9 Å². The minimum atomic E-state index is -0.625. The van der Waals surface area contributed by atoms with Crippen molar-refractivity contribution < 1.29 is 23.6 Å². The predicted molar refractivity (Wildman–Crippen MR) is 134 cm³/mol. The Hall–Kier alpha value is -3.23. The lowest BCUT2D eigenvalue weighted by Crippen LogP contribution is -2.45. The summed E-state index contributed by atoms with van der Waals surface area (Å²) in [7, 11) is 0. The van der Waals surface area contributed by atoms with E-state index >= 15 is 0 Å². The van der Waals surface area contributed by atoms with Crippen LogP contribution in [0.5, 0.6) is 0 Å². The van der Waals surface area contributed by atoms with Gasteiger partial charge in [0.2, 0.25) is 17.7 Å². The Morgan fingerprint density at radius 1 is 1.08 bits per heavy atom. The van der Waals surface area contributed by atoms with E-state index in [4.69, 9.17) is 9.26 Å². The van der Waals surface area contributed by atoms with Crippen LogP contribution in [0.25, 0.3) is 0 Å². The summed E-state index contributed by atoms with van der Waals surface area (Å²) in [6.07, 6.45) is 5.89. The summed E-state index contributed by atoms with van der Waals surface area (Å²) in [6.45, 7) is 7.07. The van der Waals surface area contributed by atoms with E-state index in [1.54, 1.807) is 13.8 Å². The number of nitrogens with zero attached hydrogens (tertiary/aromatic N) is 2. The summed E-state index contributed by atoms with van der Waals surface area (Å²) < 4.78 is 10.7. The van der Waals surface area contributed by atoms with Crippen LogP contribution in [0.3, 0.4) is 0 Å². The van der Waals surface area contributed by atoms with Gasteiger partial charge >= 0.3 is 5.97 Å². The number of carbonyl (C=O) groups excluding carboxylic acids is 3. The molecule has 36 heavy (non-hydrogen) atoms. The van der Waals surface area contributed by atoms with Crippen LogP contribution in [0, 0.1) is 6.92 Å². The highest BCUT2D eigenvalue weighted by atomic mass is 16.5. The van der Waals surface area contributed by atoms with Crippen LogP contribution < -0.4 is 10.6 Å². The molecule has 1 unspecified atom stereocenters. The SMILES string of the molecule is CC(=O)NC1(c2noc(CCC(=O)NC(CC(=O)OC(C)C)c3ccc(C)cc3)n2)CCCCCC1. The molecule has 3 rings (SSSR count). The zero-order chi connectivity index (χ0) is 26.1. The van der Waals surface area contributed by atoms with Crippen LogP contribution in [0.4, 0.5) is 0 Å². The fourth-order valence-electron chi connectivity index (χ4n) is 4.64. The highest BCUT2D eigenvalue weighted by Crippen LogP contribution is 2.34. The van der Waals surface area contributed by atoms with E-state index in [9.17, 15) is 14.4 Å². The molecule has 0 spiro atoms. The number of ether oxygens (including phenoxy) is 1. The van der Waals surface area contributed by atoms with Gasteiger partial charge in [0.15, 0.2) is 5.82 Å². The summed E-state index contributed by atoms with van der Waals surface area (Å²) in [5.74, 6) is 0.0952. The number of hydrogen-bond acceptors (Lipinski definition) is 7. The van der Waals surface area contributed by atoms with Crippen LogP contribution in [-0.4, -0.2) is 34.0 Å². The third-order valence-corrected chi connectivity index (χ3v) is 6.39. The zero-order valence-electron chi connectivity index (χ0n) is 21.8. The summed E-state index contributed by atoms with van der Waals surface area (Å²) in [5.41, 5.74) is 1.30. The van der Waals surface area contributed by atoms with Gasteiger partial charge in [-0.1, -0.05) is 60.7 Å². The van der Waals surface area contributed by atoms with Gasteiger partial charge in [-0.25, -0.2) is 0 Å². The van der Waals surface area contributed by atoms with Crippen molar-refractivity contribution in [1.29, 1.82) is 0 Å². The quantitative estimate of drug-likeness (QED) is 0.372. The molecule has 0 saturated heterocycles. The van der Waals surface area contributed by atoms with E-state index in [1.165, 1.54) is 6.92 Å². The van der Waals surface area contributed by atoms with Crippen molar-refractivity contribution in [2.45, 2.75) is 103 Å². The molecule has 2 N–H and O–H groups in total. The standard InChI is InChI=1S/C27H38N4O5/c1-18(2)35-25(34)17-22(21-11-9-19(3)10-12-21)28-23(33)13-14-24-29-26(31-36-24)27(30-20(4)32)15-7-5-6-8-16-27/h9-12,18,22H,5-8,13-17H2,1-4H3,(H,28,33)(H,30,32). The van der Waals surface area contributed by atoms with Gasteiger partial charge in [-0.3, -0.25) is 14.4 Å². The molecule has 9 nitrogen and oxygen atoms in total. The van der Waals surface area contributed by atoms with Gasteiger partial charge in [0.25, 0.3) is 0 Å². The van der Waals surface area contributed by atoms with E-state index < -0.39 is 11.6 Å². The van der Waals surface area contributed by atoms with Gasteiger partial charge in [-0.05, 0) is 39.2 Å². The Balaban J connectivity index is 1.65. The molecule has 1 heterocycles. The first-order chi connectivity index (χ1) is 17.2. The number of aromatic nitrogens is 2. The van der Waals surface area contributed by atoms with E-state index in [0.717, 1.165) is 49.7 Å². The Bertz CT molecular complexity index is 1020. The fourth-order valence-corrected chi connectivity index (χ4v) is 4.64. The minimum Gasteiger partial charge on any atom is -0.463 e. The smallest absolute Gasteiger partial charge is 0.308 e. The van der Waals surface area contributed by atoms with E-state index in [1.807, 2.05) is 31.2 Å². The molecule has 196 valence electrons. The number of hydrogen-bond donors (Lipinski definition) is 2. The molecule has 1 atom stereocenters. The topological polar surface area (TPSA) is 123 Å². The molecule has 1 fully saturated rings. The van der Waals surface area contributed by atoms with Gasteiger partial charge in [0.05, 0.1) is 18.6 Å². The number of carbonyl (C=O) groups is 3. The molecule has 2 aromatic rings. The number of amides is 2. The van der Waals surface area contributed by atoms with Crippen molar-refractivity contribution in [3.05, 3.63) is 47.1 Å². The normalized spacial score (nSPS) is 16.1. The summed E-state index contributed by atoms with van der Waals surface area (Å²) in [4.78, 5) is 41.6. The van der Waals surface area contributed by atoms with Crippen molar-refractivity contribution >= 4 is 17.8 Å². The first kappa shape index (κ1) is 27.4. The third-order valence-electron chi connectivity index (χ3n) is 6.39. The van der Waals surface area contributed by atoms with Crippen LogP contribution in [-0.2, 0) is 31.1 Å². The summed E-state index contributed by atoms with van der Waals surface area (Å²) in [6, 6.07) is 7.20. The van der Waals surface area contributed by atoms with E-state index in [2.05, 4.69) is 20.8 Å². The number of esters is 1. The van der Waals surface area contributed by atoms with Crippen molar-refractivity contribution in [3.8, 4) is 0 Å². The van der Waals surface area contributed by atoms with Crippen LogP contribution >= 0.6 is 0 Å². The lowest BCUT2D eigenvalue weighted by atomic mass is 9.89. The van der Waals surface area contributed by atoms with Crippen LogP contribution in [0.15, 0.2) is 28.8 Å². The van der Waals surface area contributed by atoms with Gasteiger partial charge in [-0.2, -0.15) is 4.98 Å². The largest absolute Gasteiger partial charge is 0.463 e. The highest BCUT2D eigenvalue weighted by molar-refractivity contribution is 5.78. The minimum absolute atomic E-state index is 0.0386. The number of nitrogens with one attached hydrogen (secondary N) is 2. The van der Waals surface area contributed by atoms with Gasteiger partial charge in [0.1, 0.15) is 5.54 Å². The second kappa shape index (κ2) is 12.6. The second-order valence-electron chi connectivity index (χ2n) is 9.96. The average molecular weight is 499 g/mol. The maximum absolute atomic E-state index is 12.8. The van der Waals surface area contributed by atoms with Crippen molar-refractivity contribution in [3.63, 3.8) is 0 Å². The molecule has 1 aliphatic carbocycles. The summed E-state index contributed by atoms with van der Waals surface area (Å²) >= 11 is 0. The lowest BCUT2D eigenvalue weighted by Gasteiger charge is -2.30. The van der Waals surface area contributed by atoms with Crippen LogP contribution in [0.1, 0.15) is 101 Å². The molecule has 1 aliphatic rings. The van der Waals surface area contributed by atoms with Gasteiger partial charge in [0, 0.05) is 19.8 Å². The Morgan fingerprint density at radius 2 is 1.75 bits per heavy atom. The monoisotopic (exact) mass is 498 g/mol. The van der Waals surface area contributed by atoms with Crippen molar-refractivity contribution in [2.24, 2.45) is 0 Å². The number of rotatable bonds is 10. The molecule has 1 saturated carbocycles. The molecule has 0 radical (unpaired) electrons. The zero-order valence-corrected chi connectivity index (χ0v) is 21.8. The average Bonchev–Trinajstić information content (AvgIpc) is 3.17. The molecule has 0 bridgehead atoms. The van der Waals surface area contributed by atoms with Crippen LogP contribution in [0.2, 0.25) is 0 Å². The summed E-state index contributed by atoms with van der Waals surface area (Å²) in [5, 5.41) is 10.2. The molecule has 2 amide bonds. The predicted octanol–water partition coefficient (Wildman–Crippen LogP) is 4.20.